The third-order valence-electron chi connectivity index (χ3n) is 4.42. The van der Waals surface area contributed by atoms with E-state index in [1.54, 1.807) is 54.9 Å². The van der Waals surface area contributed by atoms with Gasteiger partial charge in [0.15, 0.2) is 0 Å². The first-order chi connectivity index (χ1) is 14.4. The minimum atomic E-state index is -3.59. The Kier molecular flexibility index (Phi) is 6.81. The SMILES string of the molecule is CN(C)S(=O)(=O)c1ccccc1CNC(=O)c1ccc(OCc2cccnc2)cc1. The fourth-order valence-corrected chi connectivity index (χ4v) is 3.84. The maximum absolute atomic E-state index is 12.5. The summed E-state index contributed by atoms with van der Waals surface area (Å²) in [7, 11) is -0.644. The Labute approximate surface area is 176 Å². The quantitative estimate of drug-likeness (QED) is 0.600. The highest BCUT2D eigenvalue weighted by molar-refractivity contribution is 7.89. The summed E-state index contributed by atoms with van der Waals surface area (Å²) in [6, 6.07) is 17.1. The maximum Gasteiger partial charge on any atom is 0.251 e. The Balaban J connectivity index is 1.62. The first-order valence-electron chi connectivity index (χ1n) is 9.28. The van der Waals surface area contributed by atoms with Crippen LogP contribution in [0.15, 0.2) is 78.0 Å². The van der Waals surface area contributed by atoms with Crippen molar-refractivity contribution in [2.75, 3.05) is 14.1 Å². The fourth-order valence-electron chi connectivity index (χ4n) is 2.73. The van der Waals surface area contributed by atoms with Crippen LogP contribution in [0.2, 0.25) is 0 Å². The summed E-state index contributed by atoms with van der Waals surface area (Å²) in [5, 5.41) is 2.77. The van der Waals surface area contributed by atoms with E-state index < -0.39 is 10.0 Å². The Bertz CT molecular complexity index is 1100. The highest BCUT2D eigenvalue weighted by Gasteiger charge is 2.20. The number of amides is 1. The summed E-state index contributed by atoms with van der Waals surface area (Å²) in [6.07, 6.45) is 3.43. The molecule has 0 unspecified atom stereocenters. The number of ether oxygens (including phenoxy) is 1. The van der Waals surface area contributed by atoms with E-state index in [4.69, 9.17) is 4.74 Å². The second-order valence-corrected chi connectivity index (χ2v) is 8.87. The summed E-state index contributed by atoms with van der Waals surface area (Å²) < 4.78 is 31.8. The van der Waals surface area contributed by atoms with Crippen molar-refractivity contribution < 1.29 is 17.9 Å². The number of aromatic nitrogens is 1. The van der Waals surface area contributed by atoms with Gasteiger partial charge in [0.1, 0.15) is 12.4 Å². The normalized spacial score (nSPS) is 11.3. The molecule has 0 aliphatic rings. The molecule has 0 saturated carbocycles. The van der Waals surface area contributed by atoms with E-state index in [0.717, 1.165) is 9.87 Å². The lowest BCUT2D eigenvalue weighted by Crippen LogP contribution is -2.27. The molecule has 30 heavy (non-hydrogen) atoms. The summed E-state index contributed by atoms with van der Waals surface area (Å²) in [5.74, 6) is 0.337. The molecule has 1 amide bonds. The third kappa shape index (κ3) is 5.22. The molecular weight excluding hydrogens is 402 g/mol. The Morgan fingerprint density at radius 1 is 1.03 bits per heavy atom. The van der Waals surface area contributed by atoms with Crippen molar-refractivity contribution >= 4 is 15.9 Å². The Hall–Kier alpha value is -3.23. The molecule has 8 heteroatoms. The smallest absolute Gasteiger partial charge is 0.251 e. The number of rotatable bonds is 8. The molecule has 0 aliphatic carbocycles. The molecule has 0 radical (unpaired) electrons. The van der Waals surface area contributed by atoms with Gasteiger partial charge in [0.25, 0.3) is 5.91 Å². The lowest BCUT2D eigenvalue weighted by Gasteiger charge is -2.15. The van der Waals surface area contributed by atoms with Gasteiger partial charge in [-0.25, -0.2) is 12.7 Å². The van der Waals surface area contributed by atoms with Crippen LogP contribution in [0.1, 0.15) is 21.5 Å². The molecule has 0 spiro atoms. The van der Waals surface area contributed by atoms with Gasteiger partial charge >= 0.3 is 0 Å². The van der Waals surface area contributed by atoms with Crippen molar-refractivity contribution in [1.82, 2.24) is 14.6 Å². The molecule has 1 N–H and O–H groups in total. The largest absolute Gasteiger partial charge is 0.489 e. The Morgan fingerprint density at radius 3 is 2.43 bits per heavy atom. The number of carbonyl (C=O) groups excluding carboxylic acids is 1. The van der Waals surface area contributed by atoms with E-state index in [1.807, 2.05) is 12.1 Å². The first-order valence-corrected chi connectivity index (χ1v) is 10.7. The number of nitrogens with one attached hydrogen (secondary N) is 1. The number of sulfonamides is 1. The lowest BCUT2D eigenvalue weighted by atomic mass is 10.2. The number of carbonyl (C=O) groups is 1. The molecule has 2 aromatic carbocycles. The number of hydrogen-bond donors (Lipinski definition) is 1. The Morgan fingerprint density at radius 2 is 1.77 bits per heavy atom. The molecule has 0 saturated heterocycles. The molecular formula is C22H23N3O4S. The van der Waals surface area contributed by atoms with Crippen molar-refractivity contribution in [2.45, 2.75) is 18.0 Å². The molecule has 3 aromatic rings. The van der Waals surface area contributed by atoms with Gasteiger partial charge in [-0.2, -0.15) is 0 Å². The number of pyridine rings is 1. The topological polar surface area (TPSA) is 88.6 Å². The van der Waals surface area contributed by atoms with Crippen molar-refractivity contribution in [1.29, 1.82) is 0 Å². The molecule has 3 rings (SSSR count). The van der Waals surface area contributed by atoms with Crippen molar-refractivity contribution in [3.8, 4) is 5.75 Å². The zero-order valence-electron chi connectivity index (χ0n) is 16.8. The molecule has 0 atom stereocenters. The summed E-state index contributed by atoms with van der Waals surface area (Å²) in [6.45, 7) is 0.484. The van der Waals surface area contributed by atoms with E-state index in [0.29, 0.717) is 23.5 Å². The van der Waals surface area contributed by atoms with Gasteiger partial charge in [-0.05, 0) is 42.0 Å². The van der Waals surface area contributed by atoms with Crippen LogP contribution in [0.25, 0.3) is 0 Å². The second-order valence-electron chi connectivity index (χ2n) is 6.75. The summed E-state index contributed by atoms with van der Waals surface area (Å²) in [4.78, 5) is 16.7. The van der Waals surface area contributed by atoms with Crippen LogP contribution in [0.5, 0.6) is 5.75 Å². The van der Waals surface area contributed by atoms with Gasteiger partial charge in [-0.1, -0.05) is 24.3 Å². The average Bonchev–Trinajstić information content (AvgIpc) is 2.77. The van der Waals surface area contributed by atoms with Crippen LogP contribution < -0.4 is 10.1 Å². The lowest BCUT2D eigenvalue weighted by molar-refractivity contribution is 0.0950. The predicted molar refractivity (Wildman–Crippen MR) is 113 cm³/mol. The zero-order chi connectivity index (χ0) is 21.6. The minimum absolute atomic E-state index is 0.0985. The highest BCUT2D eigenvalue weighted by Crippen LogP contribution is 2.19. The second kappa shape index (κ2) is 9.51. The van der Waals surface area contributed by atoms with Crippen molar-refractivity contribution in [3.05, 3.63) is 89.7 Å². The predicted octanol–water partition coefficient (Wildman–Crippen LogP) is 2.84. The molecule has 0 aliphatic heterocycles. The van der Waals surface area contributed by atoms with Gasteiger partial charge < -0.3 is 10.1 Å². The van der Waals surface area contributed by atoms with Crippen LogP contribution >= 0.6 is 0 Å². The van der Waals surface area contributed by atoms with Crippen LogP contribution in [-0.4, -0.2) is 37.7 Å². The van der Waals surface area contributed by atoms with Gasteiger partial charge in [-0.15, -0.1) is 0 Å². The van der Waals surface area contributed by atoms with Gasteiger partial charge in [0.05, 0.1) is 4.90 Å². The average molecular weight is 426 g/mol. The van der Waals surface area contributed by atoms with Gasteiger partial charge in [0.2, 0.25) is 10.0 Å². The minimum Gasteiger partial charge on any atom is -0.489 e. The van der Waals surface area contributed by atoms with Crippen molar-refractivity contribution in [3.63, 3.8) is 0 Å². The van der Waals surface area contributed by atoms with Crippen molar-refractivity contribution in [2.24, 2.45) is 0 Å². The van der Waals surface area contributed by atoms with Crippen LogP contribution in [0.4, 0.5) is 0 Å². The molecule has 0 bridgehead atoms. The highest BCUT2D eigenvalue weighted by atomic mass is 32.2. The van der Waals surface area contributed by atoms with E-state index in [1.165, 1.54) is 20.2 Å². The molecule has 7 nitrogen and oxygen atoms in total. The zero-order valence-corrected chi connectivity index (χ0v) is 17.6. The third-order valence-corrected chi connectivity index (χ3v) is 6.33. The van der Waals surface area contributed by atoms with E-state index >= 15 is 0 Å². The van der Waals surface area contributed by atoms with Gasteiger partial charge in [0, 0.05) is 44.2 Å². The van der Waals surface area contributed by atoms with E-state index in [2.05, 4.69) is 10.3 Å². The molecule has 1 heterocycles. The number of hydrogen-bond acceptors (Lipinski definition) is 5. The van der Waals surface area contributed by atoms with E-state index in [9.17, 15) is 13.2 Å². The van der Waals surface area contributed by atoms with Gasteiger partial charge in [-0.3, -0.25) is 9.78 Å². The number of benzene rings is 2. The fraction of sp³-hybridized carbons (Fsp3) is 0.182. The first kappa shape index (κ1) is 21.5. The molecule has 1 aromatic heterocycles. The number of nitrogens with zero attached hydrogens (tertiary/aromatic N) is 2. The van der Waals surface area contributed by atoms with E-state index in [-0.39, 0.29) is 17.3 Å². The summed E-state index contributed by atoms with van der Waals surface area (Å²) >= 11 is 0. The van der Waals surface area contributed by atoms with Crippen LogP contribution in [-0.2, 0) is 23.2 Å². The van der Waals surface area contributed by atoms with Crippen LogP contribution in [0, 0.1) is 0 Å². The van der Waals surface area contributed by atoms with Crippen LogP contribution in [0.3, 0.4) is 0 Å². The monoisotopic (exact) mass is 425 g/mol. The molecule has 156 valence electrons. The summed E-state index contributed by atoms with van der Waals surface area (Å²) in [5.41, 5.74) is 1.93. The standard InChI is InChI=1S/C22H23N3O4S/c1-25(2)30(27,28)21-8-4-3-7-19(21)15-24-22(26)18-9-11-20(12-10-18)29-16-17-6-5-13-23-14-17/h3-14H,15-16H2,1-2H3,(H,24,26). The maximum atomic E-state index is 12.5. The molecule has 0 fully saturated rings.